The molecule has 3 aromatic rings. The molecule has 0 amide bonds. The molecule has 158 valence electrons. The van der Waals surface area contributed by atoms with Crippen LogP contribution in [0.1, 0.15) is 31.5 Å². The molecule has 5 rings (SSSR count). The minimum atomic E-state index is -0.0732. The molecule has 1 saturated heterocycles. The van der Waals surface area contributed by atoms with Gasteiger partial charge < -0.3 is 9.88 Å². The summed E-state index contributed by atoms with van der Waals surface area (Å²) in [6.45, 7) is 3.97. The minimum Gasteiger partial charge on any atom is -0.369 e. The maximum absolute atomic E-state index is 12.4. The smallest absolute Gasteiger partial charge is 0.257 e. The van der Waals surface area contributed by atoms with Crippen molar-refractivity contribution in [2.24, 2.45) is 0 Å². The molecule has 1 N–H and O–H groups in total. The Labute approximate surface area is 182 Å². The van der Waals surface area contributed by atoms with Crippen LogP contribution in [0.4, 0.5) is 5.69 Å². The molecule has 0 radical (unpaired) electrons. The van der Waals surface area contributed by atoms with Crippen LogP contribution in [0.5, 0.6) is 0 Å². The summed E-state index contributed by atoms with van der Waals surface area (Å²) in [5.74, 6) is 0. The van der Waals surface area contributed by atoms with E-state index in [9.17, 15) is 4.79 Å². The third-order valence-electron chi connectivity index (χ3n) is 6.24. The van der Waals surface area contributed by atoms with Gasteiger partial charge in [-0.2, -0.15) is 5.26 Å². The van der Waals surface area contributed by atoms with Gasteiger partial charge in [0, 0.05) is 56.0 Å². The Morgan fingerprint density at radius 3 is 2.61 bits per heavy atom. The van der Waals surface area contributed by atoms with Crippen LogP contribution in [0.15, 0.2) is 59.7 Å². The zero-order valence-corrected chi connectivity index (χ0v) is 16.7. The van der Waals surface area contributed by atoms with Gasteiger partial charge in [-0.05, 0) is 60.2 Å². The Hall–Kier alpha value is -3.43. The molecular formula is C25H27N5O. The van der Waals surface area contributed by atoms with Crippen LogP contribution in [-0.2, 0) is 0 Å². The molecule has 1 fully saturated rings. The molecule has 0 unspecified atom stereocenters. The molecule has 2 aromatic heterocycles. The Morgan fingerprint density at radius 1 is 1.10 bits per heavy atom. The van der Waals surface area contributed by atoms with E-state index in [1.54, 1.807) is 12.4 Å². The number of aromatic amines is 1. The lowest BCUT2D eigenvalue weighted by Gasteiger charge is -2.38. The van der Waals surface area contributed by atoms with Gasteiger partial charge in [-0.3, -0.25) is 14.7 Å². The van der Waals surface area contributed by atoms with E-state index in [1.807, 2.05) is 30.3 Å². The molecule has 2 aliphatic rings. The number of nitriles is 1. The van der Waals surface area contributed by atoms with Gasteiger partial charge in [-0.1, -0.05) is 13.5 Å². The third kappa shape index (κ3) is 4.10. The average molecular weight is 414 g/mol. The summed E-state index contributed by atoms with van der Waals surface area (Å²) >= 11 is 0. The standard InChI is InChI=1S/C24H23N5O.CH4/c25-15-17-1-4-20(5-2-17)28-9-11-29(12-10-28)21-6-3-19(13-21)23-14-18-7-8-26-16-22(18)24(30)27-23;/h1-2,4-5,7-8,13-14,16,21H,3,6,9-12H2,(H,27,30);1H4/t21-;/m1./s1. The summed E-state index contributed by atoms with van der Waals surface area (Å²) in [6.07, 6.45) is 7.74. The van der Waals surface area contributed by atoms with Crippen LogP contribution in [0.3, 0.4) is 0 Å². The quantitative estimate of drug-likeness (QED) is 0.707. The first-order valence-corrected chi connectivity index (χ1v) is 10.4. The first kappa shape index (κ1) is 20.8. The van der Waals surface area contributed by atoms with Crippen molar-refractivity contribution >= 4 is 22.0 Å². The molecule has 1 aliphatic carbocycles. The largest absolute Gasteiger partial charge is 0.369 e. The van der Waals surface area contributed by atoms with Crippen LogP contribution in [-0.4, -0.2) is 47.1 Å². The number of hydrogen-bond acceptors (Lipinski definition) is 5. The van der Waals surface area contributed by atoms with Crippen LogP contribution >= 0.6 is 0 Å². The molecule has 0 spiro atoms. The van der Waals surface area contributed by atoms with Crippen molar-refractivity contribution in [2.45, 2.75) is 26.3 Å². The fourth-order valence-corrected chi connectivity index (χ4v) is 4.55. The number of anilines is 1. The van der Waals surface area contributed by atoms with Gasteiger partial charge in [0.1, 0.15) is 0 Å². The number of nitrogens with one attached hydrogen (secondary N) is 1. The van der Waals surface area contributed by atoms with Crippen molar-refractivity contribution in [3.63, 3.8) is 0 Å². The normalized spacial score (nSPS) is 19.0. The van der Waals surface area contributed by atoms with Gasteiger partial charge in [0.15, 0.2) is 0 Å². The Bertz CT molecular complexity index is 1200. The predicted octanol–water partition coefficient (Wildman–Crippen LogP) is 3.80. The number of hydrogen-bond donors (Lipinski definition) is 1. The van der Waals surface area contributed by atoms with E-state index in [0.717, 1.165) is 50.1 Å². The van der Waals surface area contributed by atoms with Crippen molar-refractivity contribution in [1.82, 2.24) is 14.9 Å². The van der Waals surface area contributed by atoms with Crippen LogP contribution < -0.4 is 10.5 Å². The molecule has 31 heavy (non-hydrogen) atoms. The number of H-pyrrole nitrogens is 1. The molecule has 6 nitrogen and oxygen atoms in total. The topological polar surface area (TPSA) is 76.0 Å². The van der Waals surface area contributed by atoms with Gasteiger partial charge in [0.05, 0.1) is 17.0 Å². The second kappa shape index (κ2) is 8.75. The van der Waals surface area contributed by atoms with Gasteiger partial charge in [-0.15, -0.1) is 0 Å². The summed E-state index contributed by atoms with van der Waals surface area (Å²) < 4.78 is 0. The number of benzene rings is 1. The molecule has 6 heteroatoms. The highest BCUT2D eigenvalue weighted by Gasteiger charge is 2.27. The van der Waals surface area contributed by atoms with E-state index in [2.05, 4.69) is 38.0 Å². The fraction of sp³-hybridized carbons (Fsp3) is 0.320. The highest BCUT2D eigenvalue weighted by Crippen LogP contribution is 2.31. The Morgan fingerprint density at radius 2 is 1.87 bits per heavy atom. The van der Waals surface area contributed by atoms with Crippen molar-refractivity contribution in [2.75, 3.05) is 31.1 Å². The number of fused-ring (bicyclic) bond motifs is 1. The van der Waals surface area contributed by atoms with Gasteiger partial charge in [0.2, 0.25) is 0 Å². The van der Waals surface area contributed by atoms with Gasteiger partial charge in [-0.25, -0.2) is 0 Å². The molecule has 3 heterocycles. The Balaban J connectivity index is 0.00000231. The third-order valence-corrected chi connectivity index (χ3v) is 6.24. The maximum Gasteiger partial charge on any atom is 0.257 e. The summed E-state index contributed by atoms with van der Waals surface area (Å²) in [6, 6.07) is 14.4. The summed E-state index contributed by atoms with van der Waals surface area (Å²) in [5.41, 5.74) is 3.96. The predicted molar refractivity (Wildman–Crippen MR) is 125 cm³/mol. The average Bonchev–Trinajstić information content (AvgIpc) is 3.30. The van der Waals surface area contributed by atoms with E-state index >= 15 is 0 Å². The van der Waals surface area contributed by atoms with E-state index in [-0.39, 0.29) is 13.0 Å². The highest BCUT2D eigenvalue weighted by atomic mass is 16.1. The number of pyridine rings is 2. The summed E-state index contributed by atoms with van der Waals surface area (Å²) in [7, 11) is 0. The summed E-state index contributed by atoms with van der Waals surface area (Å²) in [4.78, 5) is 24.4. The molecule has 0 bridgehead atoms. The van der Waals surface area contributed by atoms with Crippen LogP contribution in [0.2, 0.25) is 0 Å². The SMILES string of the molecule is C.N#Cc1ccc(N2CCN([C@H]3C=C(c4cc5ccncc5c(=O)[nH]4)CC3)CC2)cc1. The van der Waals surface area contributed by atoms with Crippen molar-refractivity contribution in [3.05, 3.63) is 76.5 Å². The zero-order valence-electron chi connectivity index (χ0n) is 16.7. The second-order valence-corrected chi connectivity index (χ2v) is 7.95. The van der Waals surface area contributed by atoms with Crippen molar-refractivity contribution < 1.29 is 0 Å². The maximum atomic E-state index is 12.4. The monoisotopic (exact) mass is 413 g/mol. The van der Waals surface area contributed by atoms with E-state index < -0.39 is 0 Å². The van der Waals surface area contributed by atoms with Gasteiger partial charge >= 0.3 is 0 Å². The van der Waals surface area contributed by atoms with Crippen LogP contribution in [0, 0.1) is 11.3 Å². The van der Waals surface area contributed by atoms with Crippen molar-refractivity contribution in [3.8, 4) is 6.07 Å². The highest BCUT2D eigenvalue weighted by molar-refractivity contribution is 5.83. The fourth-order valence-electron chi connectivity index (χ4n) is 4.55. The molecule has 1 atom stereocenters. The summed E-state index contributed by atoms with van der Waals surface area (Å²) in [5, 5.41) is 10.5. The van der Waals surface area contributed by atoms with E-state index in [1.165, 1.54) is 11.3 Å². The zero-order chi connectivity index (χ0) is 20.5. The first-order chi connectivity index (χ1) is 14.7. The first-order valence-electron chi connectivity index (χ1n) is 10.4. The molecule has 0 saturated carbocycles. The van der Waals surface area contributed by atoms with Crippen molar-refractivity contribution in [1.29, 1.82) is 5.26 Å². The molecule has 1 aliphatic heterocycles. The van der Waals surface area contributed by atoms with Crippen LogP contribution in [0.25, 0.3) is 16.3 Å². The molecular weight excluding hydrogens is 386 g/mol. The Kier molecular flexibility index (Phi) is 5.88. The second-order valence-electron chi connectivity index (χ2n) is 7.95. The van der Waals surface area contributed by atoms with E-state index in [4.69, 9.17) is 5.26 Å². The minimum absolute atomic E-state index is 0. The number of aromatic nitrogens is 2. The lowest BCUT2D eigenvalue weighted by atomic mass is 10.1. The number of allylic oxidation sites excluding steroid dienone is 1. The van der Waals surface area contributed by atoms with Gasteiger partial charge in [0.25, 0.3) is 5.56 Å². The lowest BCUT2D eigenvalue weighted by molar-refractivity contribution is 0.214. The molecule has 1 aromatic carbocycles. The lowest BCUT2D eigenvalue weighted by Crippen LogP contribution is -2.49. The number of nitrogens with zero attached hydrogens (tertiary/aromatic N) is 4. The van der Waals surface area contributed by atoms with E-state index in [0.29, 0.717) is 17.0 Å². The number of rotatable bonds is 3. The number of piperazine rings is 1.